The van der Waals surface area contributed by atoms with Crippen molar-refractivity contribution in [1.82, 2.24) is 10.0 Å². The molecular formula is C15H26N2O3S. The lowest BCUT2D eigenvalue weighted by Crippen LogP contribution is -2.41. The van der Waals surface area contributed by atoms with E-state index < -0.39 is 10.0 Å². The van der Waals surface area contributed by atoms with Crippen molar-refractivity contribution in [2.75, 3.05) is 7.05 Å². The SMILES string of the molecule is CCC1CCCCC1NS(=O)(=O)c1cc(CNC)oc1C. The Labute approximate surface area is 127 Å². The van der Waals surface area contributed by atoms with E-state index in [-0.39, 0.29) is 10.9 Å². The molecule has 2 N–H and O–H groups in total. The molecule has 0 bridgehead atoms. The number of rotatable bonds is 6. The zero-order chi connectivity index (χ0) is 15.5. The Balaban J connectivity index is 2.17. The summed E-state index contributed by atoms with van der Waals surface area (Å²) in [6, 6.07) is 1.67. The summed E-state index contributed by atoms with van der Waals surface area (Å²) in [5.41, 5.74) is 0. The lowest BCUT2D eigenvalue weighted by Gasteiger charge is -2.31. The Morgan fingerprint density at radius 1 is 1.33 bits per heavy atom. The largest absolute Gasteiger partial charge is 0.464 e. The fourth-order valence-electron chi connectivity index (χ4n) is 3.17. The predicted molar refractivity (Wildman–Crippen MR) is 82.6 cm³/mol. The van der Waals surface area contributed by atoms with E-state index >= 15 is 0 Å². The van der Waals surface area contributed by atoms with Gasteiger partial charge in [-0.25, -0.2) is 13.1 Å². The summed E-state index contributed by atoms with van der Waals surface area (Å²) >= 11 is 0. The average molecular weight is 314 g/mol. The normalized spacial score (nSPS) is 23.4. The van der Waals surface area contributed by atoms with E-state index in [1.165, 1.54) is 6.42 Å². The van der Waals surface area contributed by atoms with E-state index in [0.717, 1.165) is 25.7 Å². The molecule has 21 heavy (non-hydrogen) atoms. The van der Waals surface area contributed by atoms with Crippen molar-refractivity contribution in [2.24, 2.45) is 5.92 Å². The molecule has 2 rings (SSSR count). The van der Waals surface area contributed by atoms with Gasteiger partial charge in [-0.2, -0.15) is 0 Å². The topological polar surface area (TPSA) is 71.3 Å². The smallest absolute Gasteiger partial charge is 0.244 e. The second-order valence-corrected chi connectivity index (χ2v) is 7.53. The van der Waals surface area contributed by atoms with Crippen LogP contribution in [0.1, 0.15) is 50.5 Å². The second-order valence-electron chi connectivity index (χ2n) is 5.84. The Hall–Kier alpha value is -0.850. The molecule has 0 saturated heterocycles. The van der Waals surface area contributed by atoms with E-state index in [9.17, 15) is 8.42 Å². The van der Waals surface area contributed by atoms with Gasteiger partial charge in [0.15, 0.2) is 0 Å². The monoisotopic (exact) mass is 314 g/mol. The van der Waals surface area contributed by atoms with Crippen LogP contribution in [0.25, 0.3) is 0 Å². The van der Waals surface area contributed by atoms with Crippen LogP contribution >= 0.6 is 0 Å². The van der Waals surface area contributed by atoms with Crippen LogP contribution in [0.4, 0.5) is 0 Å². The zero-order valence-electron chi connectivity index (χ0n) is 13.1. The molecule has 2 unspecified atom stereocenters. The van der Waals surface area contributed by atoms with Crippen LogP contribution < -0.4 is 10.0 Å². The van der Waals surface area contributed by atoms with Crippen LogP contribution in [0, 0.1) is 12.8 Å². The Morgan fingerprint density at radius 3 is 2.71 bits per heavy atom. The average Bonchev–Trinajstić information content (AvgIpc) is 2.81. The van der Waals surface area contributed by atoms with Crippen LogP contribution in [-0.2, 0) is 16.6 Å². The molecule has 0 spiro atoms. The standard InChI is InChI=1S/C15H26N2O3S/c1-4-12-7-5-6-8-14(12)17-21(18,19)15-9-13(10-16-3)20-11(15)2/h9,12,14,16-17H,4-8,10H2,1-3H3. The first kappa shape index (κ1) is 16.5. The molecule has 1 saturated carbocycles. The molecule has 2 atom stereocenters. The maximum atomic E-state index is 12.6. The molecule has 0 radical (unpaired) electrons. The highest BCUT2D eigenvalue weighted by atomic mass is 32.2. The molecule has 6 heteroatoms. The van der Waals surface area contributed by atoms with Gasteiger partial charge in [-0.15, -0.1) is 0 Å². The third-order valence-corrected chi connectivity index (χ3v) is 5.90. The molecule has 120 valence electrons. The fraction of sp³-hybridized carbons (Fsp3) is 0.733. The van der Waals surface area contributed by atoms with E-state index in [0.29, 0.717) is 24.0 Å². The fourth-order valence-corrected chi connectivity index (χ4v) is 4.71. The van der Waals surface area contributed by atoms with Gasteiger partial charge in [-0.05, 0) is 32.7 Å². The van der Waals surface area contributed by atoms with Crippen molar-refractivity contribution in [3.8, 4) is 0 Å². The summed E-state index contributed by atoms with van der Waals surface area (Å²) in [5.74, 6) is 1.54. The van der Waals surface area contributed by atoms with Crippen molar-refractivity contribution >= 4 is 10.0 Å². The number of hydrogen-bond donors (Lipinski definition) is 2. The number of aryl methyl sites for hydroxylation is 1. The first-order chi connectivity index (χ1) is 9.97. The lowest BCUT2D eigenvalue weighted by atomic mass is 9.83. The summed E-state index contributed by atoms with van der Waals surface area (Å²) in [6.07, 6.45) is 5.35. The summed E-state index contributed by atoms with van der Waals surface area (Å²) in [6.45, 7) is 4.36. The quantitative estimate of drug-likeness (QED) is 0.846. The minimum absolute atomic E-state index is 0.0517. The Bertz CT molecular complexity index is 565. The molecule has 0 aliphatic heterocycles. The van der Waals surface area contributed by atoms with Gasteiger partial charge in [0, 0.05) is 12.1 Å². The first-order valence-electron chi connectivity index (χ1n) is 7.74. The zero-order valence-corrected chi connectivity index (χ0v) is 13.9. The van der Waals surface area contributed by atoms with Crippen molar-refractivity contribution < 1.29 is 12.8 Å². The Kier molecular flexibility index (Phi) is 5.46. The van der Waals surface area contributed by atoms with E-state index in [1.807, 2.05) is 0 Å². The van der Waals surface area contributed by atoms with Crippen molar-refractivity contribution in [1.29, 1.82) is 0 Å². The van der Waals surface area contributed by atoms with Crippen molar-refractivity contribution in [2.45, 2.75) is 63.4 Å². The van der Waals surface area contributed by atoms with Crippen LogP contribution in [-0.4, -0.2) is 21.5 Å². The molecular weight excluding hydrogens is 288 g/mol. The molecule has 0 amide bonds. The van der Waals surface area contributed by atoms with Crippen LogP contribution in [0.2, 0.25) is 0 Å². The Morgan fingerprint density at radius 2 is 2.05 bits per heavy atom. The minimum atomic E-state index is -3.50. The van der Waals surface area contributed by atoms with E-state index in [4.69, 9.17) is 4.42 Å². The minimum Gasteiger partial charge on any atom is -0.464 e. The van der Waals surface area contributed by atoms with Gasteiger partial charge < -0.3 is 9.73 Å². The molecule has 1 aliphatic rings. The highest BCUT2D eigenvalue weighted by molar-refractivity contribution is 7.89. The van der Waals surface area contributed by atoms with Gasteiger partial charge in [-0.3, -0.25) is 0 Å². The highest BCUT2D eigenvalue weighted by Crippen LogP contribution is 2.29. The van der Waals surface area contributed by atoms with Gasteiger partial charge in [0.2, 0.25) is 10.0 Å². The molecule has 5 nitrogen and oxygen atoms in total. The maximum absolute atomic E-state index is 12.6. The summed E-state index contributed by atoms with van der Waals surface area (Å²) in [5, 5.41) is 2.96. The van der Waals surface area contributed by atoms with Crippen LogP contribution in [0.3, 0.4) is 0 Å². The summed E-state index contributed by atoms with van der Waals surface area (Å²) in [7, 11) is -1.70. The molecule has 1 aromatic rings. The number of nitrogens with one attached hydrogen (secondary N) is 2. The molecule has 1 fully saturated rings. The van der Waals surface area contributed by atoms with Crippen molar-refractivity contribution in [3.05, 3.63) is 17.6 Å². The van der Waals surface area contributed by atoms with Gasteiger partial charge in [0.25, 0.3) is 0 Å². The summed E-state index contributed by atoms with van der Waals surface area (Å²) in [4.78, 5) is 0.271. The van der Waals surface area contributed by atoms with E-state index in [2.05, 4.69) is 17.0 Å². The lowest BCUT2D eigenvalue weighted by molar-refractivity contribution is 0.282. The number of hydrogen-bond acceptors (Lipinski definition) is 4. The third kappa shape index (κ3) is 3.87. The predicted octanol–water partition coefficient (Wildman–Crippen LogP) is 2.55. The summed E-state index contributed by atoms with van der Waals surface area (Å²) < 4.78 is 33.6. The van der Waals surface area contributed by atoms with Gasteiger partial charge in [-0.1, -0.05) is 26.2 Å². The van der Waals surface area contributed by atoms with E-state index in [1.54, 1.807) is 20.0 Å². The molecule has 0 aromatic carbocycles. The van der Waals surface area contributed by atoms with Crippen molar-refractivity contribution in [3.63, 3.8) is 0 Å². The molecule has 1 aromatic heterocycles. The van der Waals surface area contributed by atoms with Crippen LogP contribution in [0.15, 0.2) is 15.4 Å². The molecule has 1 heterocycles. The molecule has 1 aliphatic carbocycles. The van der Waals surface area contributed by atoms with Gasteiger partial charge in [0.1, 0.15) is 16.4 Å². The number of sulfonamides is 1. The van der Waals surface area contributed by atoms with Crippen LogP contribution in [0.5, 0.6) is 0 Å². The number of furan rings is 1. The first-order valence-corrected chi connectivity index (χ1v) is 9.22. The van der Waals surface area contributed by atoms with Gasteiger partial charge in [0.05, 0.1) is 6.54 Å². The second kappa shape index (κ2) is 6.94. The maximum Gasteiger partial charge on any atom is 0.244 e. The highest BCUT2D eigenvalue weighted by Gasteiger charge is 2.30. The third-order valence-electron chi connectivity index (χ3n) is 4.30. The van der Waals surface area contributed by atoms with Gasteiger partial charge >= 0.3 is 0 Å².